The zero-order chi connectivity index (χ0) is 10.7. The van der Waals surface area contributed by atoms with Crippen molar-refractivity contribution in [3.63, 3.8) is 0 Å². The first-order valence-electron chi connectivity index (χ1n) is 5.63. The molecule has 0 radical (unpaired) electrons. The summed E-state index contributed by atoms with van der Waals surface area (Å²) in [4.78, 5) is 0. The Labute approximate surface area is 95.6 Å². The lowest BCUT2D eigenvalue weighted by atomic mass is 10.0. The highest BCUT2D eigenvalue weighted by molar-refractivity contribution is 7.07. The monoisotopic (exact) mass is 225 g/mol. The predicted molar refractivity (Wildman–Crippen MR) is 64.4 cm³/mol. The van der Waals surface area contributed by atoms with E-state index in [0.29, 0.717) is 18.2 Å². The van der Waals surface area contributed by atoms with Crippen LogP contribution in [0.5, 0.6) is 0 Å². The summed E-state index contributed by atoms with van der Waals surface area (Å²) < 4.78 is 5.90. The van der Waals surface area contributed by atoms with Crippen LogP contribution in [0.25, 0.3) is 0 Å². The summed E-state index contributed by atoms with van der Waals surface area (Å²) in [5.41, 5.74) is 1.42. The van der Waals surface area contributed by atoms with Crippen molar-refractivity contribution in [1.29, 1.82) is 0 Å². The van der Waals surface area contributed by atoms with Crippen LogP contribution in [-0.4, -0.2) is 25.3 Å². The van der Waals surface area contributed by atoms with Crippen LogP contribution in [0.1, 0.15) is 25.3 Å². The molecule has 1 aliphatic rings. The molecule has 0 spiro atoms. The average molecular weight is 225 g/mol. The molecule has 1 aliphatic heterocycles. The Kier molecular flexibility index (Phi) is 3.78. The van der Waals surface area contributed by atoms with Crippen LogP contribution in [0.15, 0.2) is 16.8 Å². The summed E-state index contributed by atoms with van der Waals surface area (Å²) in [5, 5.41) is 7.75. The molecule has 1 fully saturated rings. The molecule has 2 nitrogen and oxygen atoms in total. The normalized spacial score (nSPS) is 28.1. The van der Waals surface area contributed by atoms with Crippen LogP contribution in [0.2, 0.25) is 0 Å². The lowest BCUT2D eigenvalue weighted by molar-refractivity contribution is 0.0337. The summed E-state index contributed by atoms with van der Waals surface area (Å²) in [7, 11) is 2.03. The Morgan fingerprint density at radius 2 is 2.47 bits per heavy atom. The fourth-order valence-corrected chi connectivity index (χ4v) is 2.89. The molecule has 3 atom stereocenters. The van der Waals surface area contributed by atoms with Gasteiger partial charge in [-0.05, 0) is 55.6 Å². The molecule has 0 saturated carbocycles. The van der Waals surface area contributed by atoms with Crippen LogP contribution in [0.4, 0.5) is 0 Å². The van der Waals surface area contributed by atoms with Crippen LogP contribution in [0, 0.1) is 0 Å². The molecule has 3 heteroatoms. The highest BCUT2D eigenvalue weighted by atomic mass is 32.1. The van der Waals surface area contributed by atoms with Crippen molar-refractivity contribution in [2.24, 2.45) is 0 Å². The molecule has 0 amide bonds. The SMILES string of the molecule is CNC(Cc1ccsc1)C1CCC(C)O1. The molecule has 0 aliphatic carbocycles. The van der Waals surface area contributed by atoms with E-state index in [9.17, 15) is 0 Å². The van der Waals surface area contributed by atoms with Gasteiger partial charge in [0.2, 0.25) is 0 Å². The maximum atomic E-state index is 5.90. The summed E-state index contributed by atoms with van der Waals surface area (Å²) in [6.07, 6.45) is 4.30. The Morgan fingerprint density at radius 3 is 3.00 bits per heavy atom. The van der Waals surface area contributed by atoms with Gasteiger partial charge in [-0.2, -0.15) is 11.3 Å². The van der Waals surface area contributed by atoms with E-state index < -0.39 is 0 Å². The van der Waals surface area contributed by atoms with Gasteiger partial charge in [0, 0.05) is 6.04 Å². The van der Waals surface area contributed by atoms with E-state index in [-0.39, 0.29) is 0 Å². The lowest BCUT2D eigenvalue weighted by Gasteiger charge is -2.22. The molecule has 1 N–H and O–H groups in total. The van der Waals surface area contributed by atoms with Crippen molar-refractivity contribution in [2.75, 3.05) is 7.05 Å². The third-order valence-corrected chi connectivity index (χ3v) is 3.85. The smallest absolute Gasteiger partial charge is 0.0735 e. The zero-order valence-corrected chi connectivity index (χ0v) is 10.2. The average Bonchev–Trinajstić information content (AvgIpc) is 2.85. The molecule has 84 valence electrons. The van der Waals surface area contributed by atoms with Crippen LogP contribution >= 0.6 is 11.3 Å². The highest BCUT2D eigenvalue weighted by Crippen LogP contribution is 2.23. The van der Waals surface area contributed by atoms with Crippen molar-refractivity contribution in [2.45, 2.75) is 44.4 Å². The van der Waals surface area contributed by atoms with Crippen molar-refractivity contribution in [3.8, 4) is 0 Å². The maximum Gasteiger partial charge on any atom is 0.0735 e. The standard InChI is InChI=1S/C12H19NOS/c1-9-3-4-12(14-9)11(13-2)7-10-5-6-15-8-10/h5-6,8-9,11-13H,3-4,7H2,1-2H3. The number of nitrogens with one attached hydrogen (secondary N) is 1. The third kappa shape index (κ3) is 2.80. The molecule has 0 bridgehead atoms. The highest BCUT2D eigenvalue weighted by Gasteiger charge is 2.28. The Bertz CT molecular complexity index is 286. The molecule has 2 rings (SSSR count). The van der Waals surface area contributed by atoms with Crippen molar-refractivity contribution in [1.82, 2.24) is 5.32 Å². The van der Waals surface area contributed by atoms with Gasteiger partial charge in [-0.3, -0.25) is 0 Å². The van der Waals surface area contributed by atoms with Crippen molar-refractivity contribution >= 4 is 11.3 Å². The van der Waals surface area contributed by atoms with Crippen LogP contribution in [0.3, 0.4) is 0 Å². The van der Waals surface area contributed by atoms with E-state index in [2.05, 4.69) is 29.1 Å². The molecule has 3 unspecified atom stereocenters. The minimum atomic E-state index is 0.393. The van der Waals surface area contributed by atoms with E-state index in [1.165, 1.54) is 18.4 Å². The first kappa shape index (κ1) is 11.1. The van der Waals surface area contributed by atoms with Gasteiger partial charge in [0.1, 0.15) is 0 Å². The van der Waals surface area contributed by atoms with Gasteiger partial charge in [-0.15, -0.1) is 0 Å². The summed E-state index contributed by atoms with van der Waals surface area (Å²) in [6.45, 7) is 2.16. The van der Waals surface area contributed by atoms with Crippen LogP contribution in [-0.2, 0) is 11.2 Å². The number of rotatable bonds is 4. The fraction of sp³-hybridized carbons (Fsp3) is 0.667. The second-order valence-electron chi connectivity index (χ2n) is 4.29. The van der Waals surface area contributed by atoms with Gasteiger partial charge in [0.25, 0.3) is 0 Å². The number of likely N-dealkylation sites (N-methyl/N-ethyl adjacent to an activating group) is 1. The van der Waals surface area contributed by atoms with Gasteiger partial charge in [-0.25, -0.2) is 0 Å². The zero-order valence-electron chi connectivity index (χ0n) is 9.40. The Balaban J connectivity index is 1.92. The Morgan fingerprint density at radius 1 is 1.60 bits per heavy atom. The molecule has 2 heterocycles. The second-order valence-corrected chi connectivity index (χ2v) is 5.07. The molecule has 15 heavy (non-hydrogen) atoms. The quantitative estimate of drug-likeness (QED) is 0.850. The third-order valence-electron chi connectivity index (χ3n) is 3.12. The Hall–Kier alpha value is -0.380. The first-order valence-corrected chi connectivity index (χ1v) is 6.57. The molecule has 1 saturated heterocycles. The number of thiophene rings is 1. The van der Waals surface area contributed by atoms with E-state index in [4.69, 9.17) is 4.74 Å². The van der Waals surface area contributed by atoms with Gasteiger partial charge in [0.15, 0.2) is 0 Å². The van der Waals surface area contributed by atoms with Gasteiger partial charge >= 0.3 is 0 Å². The van der Waals surface area contributed by atoms with Crippen LogP contribution < -0.4 is 5.32 Å². The molecular formula is C12H19NOS. The number of ether oxygens (including phenoxy) is 1. The van der Waals surface area contributed by atoms with E-state index in [0.717, 1.165) is 6.42 Å². The first-order chi connectivity index (χ1) is 7.29. The van der Waals surface area contributed by atoms with Gasteiger partial charge in [-0.1, -0.05) is 0 Å². The van der Waals surface area contributed by atoms with Crippen molar-refractivity contribution < 1.29 is 4.74 Å². The molecular weight excluding hydrogens is 206 g/mol. The van der Waals surface area contributed by atoms with Gasteiger partial charge in [0.05, 0.1) is 12.2 Å². The largest absolute Gasteiger partial charge is 0.374 e. The summed E-state index contributed by atoms with van der Waals surface area (Å²) in [5.74, 6) is 0. The lowest BCUT2D eigenvalue weighted by Crippen LogP contribution is -2.39. The topological polar surface area (TPSA) is 21.3 Å². The van der Waals surface area contributed by atoms with E-state index in [1.807, 2.05) is 7.05 Å². The van der Waals surface area contributed by atoms with Gasteiger partial charge < -0.3 is 10.1 Å². The van der Waals surface area contributed by atoms with E-state index >= 15 is 0 Å². The number of hydrogen-bond donors (Lipinski definition) is 1. The summed E-state index contributed by atoms with van der Waals surface area (Å²) >= 11 is 1.77. The minimum Gasteiger partial charge on any atom is -0.374 e. The second kappa shape index (κ2) is 5.10. The fourth-order valence-electron chi connectivity index (χ4n) is 2.21. The summed E-state index contributed by atoms with van der Waals surface area (Å²) in [6, 6.07) is 2.66. The molecule has 1 aromatic heterocycles. The van der Waals surface area contributed by atoms with E-state index in [1.54, 1.807) is 11.3 Å². The minimum absolute atomic E-state index is 0.393. The maximum absolute atomic E-state index is 5.90. The predicted octanol–water partition coefficient (Wildman–Crippen LogP) is 2.45. The molecule has 1 aromatic rings. The van der Waals surface area contributed by atoms with Crippen molar-refractivity contribution in [3.05, 3.63) is 22.4 Å². The molecule has 0 aromatic carbocycles. The number of hydrogen-bond acceptors (Lipinski definition) is 3.